The number of nitrogens with two attached hydrogens (primary N) is 1. The summed E-state index contributed by atoms with van der Waals surface area (Å²) in [6.07, 6.45) is 4.28. The molecule has 0 aliphatic carbocycles. The van der Waals surface area contributed by atoms with Gasteiger partial charge in [0.2, 0.25) is 0 Å². The van der Waals surface area contributed by atoms with Gasteiger partial charge in [-0.2, -0.15) is 0 Å². The fourth-order valence-electron chi connectivity index (χ4n) is 4.55. The highest BCUT2D eigenvalue weighted by molar-refractivity contribution is 6.61. The maximum atomic E-state index is 14.9. The molecule has 2 fully saturated rings. The number of halogens is 1. The van der Waals surface area contributed by atoms with Gasteiger partial charge in [-0.05, 0) is 67.4 Å². The van der Waals surface area contributed by atoms with Gasteiger partial charge in [-0.1, -0.05) is 0 Å². The summed E-state index contributed by atoms with van der Waals surface area (Å²) in [5.41, 5.74) is 4.68. The van der Waals surface area contributed by atoms with Gasteiger partial charge in [0.05, 0.1) is 34.5 Å². The molecule has 4 N–H and O–H groups in total. The molecule has 40 heavy (non-hydrogen) atoms. The van der Waals surface area contributed by atoms with Crippen LogP contribution in [-0.2, 0) is 14.0 Å². The smallest absolute Gasteiger partial charge is 0.444 e. The van der Waals surface area contributed by atoms with Crippen molar-refractivity contribution in [1.82, 2.24) is 15.3 Å². The van der Waals surface area contributed by atoms with Gasteiger partial charge in [0, 0.05) is 31.4 Å². The number of hydrogen-bond acceptors (Lipinski definition) is 9. The molecular weight excluding hydrogens is 518 g/mol. The maximum absolute atomic E-state index is 14.9. The summed E-state index contributed by atoms with van der Waals surface area (Å²) >= 11 is 0. The fraction of sp³-hybridized carbons (Fsp3) is 0.556. The normalized spacial score (nSPS) is 20.2. The molecule has 0 radical (unpaired) electrons. The zero-order valence-corrected chi connectivity index (χ0v) is 24.1. The van der Waals surface area contributed by atoms with Crippen LogP contribution in [-0.4, -0.2) is 65.0 Å². The second-order valence-corrected chi connectivity index (χ2v) is 12.2. The molecule has 2 aromatic heterocycles. The summed E-state index contributed by atoms with van der Waals surface area (Å²) in [6.45, 7) is 14.0. The van der Waals surface area contributed by atoms with Crippen molar-refractivity contribution in [2.24, 2.45) is 0 Å². The van der Waals surface area contributed by atoms with Crippen LogP contribution in [0.5, 0.6) is 0 Å². The van der Waals surface area contributed by atoms with E-state index in [-0.39, 0.29) is 23.0 Å². The van der Waals surface area contributed by atoms with Crippen LogP contribution in [0.25, 0.3) is 0 Å². The number of pyridine rings is 2. The molecule has 0 bridgehead atoms. The molecule has 13 heteroatoms. The zero-order valence-electron chi connectivity index (χ0n) is 24.1. The summed E-state index contributed by atoms with van der Waals surface area (Å²) in [5, 5.41) is 5.75. The monoisotopic (exact) mass is 556 g/mol. The number of alkyl carbamates (subject to hydrolysis) is 1. The van der Waals surface area contributed by atoms with E-state index in [1.807, 2.05) is 48.5 Å². The van der Waals surface area contributed by atoms with E-state index in [1.54, 1.807) is 12.3 Å². The minimum Gasteiger partial charge on any atom is -0.444 e. The first kappa shape index (κ1) is 29.5. The minimum absolute atomic E-state index is 0.125. The Morgan fingerprint density at radius 3 is 2.55 bits per heavy atom. The molecule has 2 aliphatic rings. The molecule has 216 valence electrons. The minimum atomic E-state index is -1.10. The average Bonchev–Trinajstić information content (AvgIpc) is 3.04. The highest BCUT2D eigenvalue weighted by Gasteiger charge is 2.53. The molecule has 1 atom stereocenters. The van der Waals surface area contributed by atoms with E-state index in [0.29, 0.717) is 24.5 Å². The number of carbonyl (C=O) groups is 2. The Bertz CT molecular complexity index is 1270. The van der Waals surface area contributed by atoms with E-state index in [4.69, 9.17) is 19.8 Å². The lowest BCUT2D eigenvalue weighted by atomic mass is 9.83. The lowest BCUT2D eigenvalue weighted by molar-refractivity contribution is 0.00578. The molecule has 0 aromatic carbocycles. The largest absolute Gasteiger partial charge is 0.517 e. The van der Waals surface area contributed by atoms with Crippen molar-refractivity contribution < 1.29 is 28.0 Å². The van der Waals surface area contributed by atoms with Crippen molar-refractivity contribution in [3.63, 3.8) is 0 Å². The highest BCUT2D eigenvalue weighted by atomic mass is 19.1. The lowest BCUT2D eigenvalue weighted by Crippen LogP contribution is -2.49. The molecular formula is C27H38BFN6O5. The molecule has 2 aliphatic heterocycles. The van der Waals surface area contributed by atoms with E-state index < -0.39 is 41.7 Å². The molecule has 0 saturated carbocycles. The van der Waals surface area contributed by atoms with E-state index in [1.165, 1.54) is 6.20 Å². The Hall–Kier alpha value is -3.45. The lowest BCUT2D eigenvalue weighted by Gasteiger charge is -2.35. The number of hydrogen-bond donors (Lipinski definition) is 3. The third-order valence-corrected chi connectivity index (χ3v) is 7.25. The third kappa shape index (κ3) is 6.47. The van der Waals surface area contributed by atoms with Gasteiger partial charge in [0.1, 0.15) is 17.0 Å². The SMILES string of the molecule is CC(C)(C)OC(=O)N[C@H]1CCCN(c2ccncc2NC(=O)c2nc(B3OC(C)(C)C(C)(C)O3)c(F)cc2N)C1. The van der Waals surface area contributed by atoms with Crippen LogP contribution in [0.15, 0.2) is 24.5 Å². The predicted molar refractivity (Wildman–Crippen MR) is 151 cm³/mol. The van der Waals surface area contributed by atoms with Crippen molar-refractivity contribution in [2.45, 2.75) is 84.2 Å². The Labute approximate surface area is 234 Å². The van der Waals surface area contributed by atoms with Gasteiger partial charge in [0.15, 0.2) is 5.69 Å². The van der Waals surface area contributed by atoms with E-state index in [2.05, 4.69) is 25.5 Å². The molecule has 4 heterocycles. The molecule has 4 rings (SSSR count). The summed E-state index contributed by atoms with van der Waals surface area (Å²) in [7, 11) is -1.10. The predicted octanol–water partition coefficient (Wildman–Crippen LogP) is 3.24. The van der Waals surface area contributed by atoms with Gasteiger partial charge in [-0.25, -0.2) is 14.2 Å². The van der Waals surface area contributed by atoms with Crippen molar-refractivity contribution in [1.29, 1.82) is 0 Å². The van der Waals surface area contributed by atoms with Crippen molar-refractivity contribution >= 4 is 41.8 Å². The zero-order chi connectivity index (χ0) is 29.5. The van der Waals surface area contributed by atoms with E-state index in [0.717, 1.165) is 18.9 Å². The topological polar surface area (TPSA) is 141 Å². The van der Waals surface area contributed by atoms with Crippen molar-refractivity contribution in [3.05, 3.63) is 36.0 Å². The first-order chi connectivity index (χ1) is 18.6. The van der Waals surface area contributed by atoms with Gasteiger partial charge >= 0.3 is 13.2 Å². The van der Waals surface area contributed by atoms with Crippen LogP contribution >= 0.6 is 0 Å². The Balaban J connectivity index is 1.52. The molecule has 0 unspecified atom stereocenters. The molecule has 11 nitrogen and oxygen atoms in total. The van der Waals surface area contributed by atoms with Gasteiger partial charge in [-0.3, -0.25) is 9.78 Å². The number of anilines is 3. The maximum Gasteiger partial charge on any atom is 0.517 e. The molecule has 0 spiro atoms. The number of nitrogens with one attached hydrogen (secondary N) is 2. The van der Waals surface area contributed by atoms with Gasteiger partial charge in [0.25, 0.3) is 5.91 Å². The Kier molecular flexibility index (Phi) is 8.01. The van der Waals surface area contributed by atoms with Crippen LogP contribution in [0.2, 0.25) is 0 Å². The summed E-state index contributed by atoms with van der Waals surface area (Å²) in [6, 6.07) is 2.68. The van der Waals surface area contributed by atoms with Crippen LogP contribution in [0.3, 0.4) is 0 Å². The second-order valence-electron chi connectivity index (χ2n) is 12.2. The number of piperidine rings is 1. The Morgan fingerprint density at radius 1 is 1.23 bits per heavy atom. The number of rotatable bonds is 5. The average molecular weight is 556 g/mol. The van der Waals surface area contributed by atoms with E-state index in [9.17, 15) is 14.0 Å². The van der Waals surface area contributed by atoms with Crippen molar-refractivity contribution in [2.75, 3.05) is 29.0 Å². The van der Waals surface area contributed by atoms with Crippen LogP contribution in [0, 0.1) is 5.82 Å². The van der Waals surface area contributed by atoms with Gasteiger partial charge in [-0.15, -0.1) is 0 Å². The standard InChI is InChI=1S/C27H38BFN6O5/c1-25(2,3)38-24(37)32-16-9-8-12-35(15-16)20-10-11-31-14-19(20)33-23(36)21-18(30)13-17(29)22(34-21)28-39-26(4,5)27(6,7)40-28/h10-11,13-14,16H,8-9,12,15,30H2,1-7H3,(H,32,37)(H,33,36)/t16-/m0/s1. The molecule has 2 aromatic rings. The van der Waals surface area contributed by atoms with E-state index >= 15 is 0 Å². The number of nitrogen functional groups attached to an aromatic ring is 1. The van der Waals surface area contributed by atoms with Crippen LogP contribution < -0.4 is 26.9 Å². The first-order valence-corrected chi connectivity index (χ1v) is 13.4. The summed E-state index contributed by atoms with van der Waals surface area (Å²) in [4.78, 5) is 36.1. The number of aromatic nitrogens is 2. The number of ether oxygens (including phenoxy) is 1. The summed E-state index contributed by atoms with van der Waals surface area (Å²) in [5.74, 6) is -1.36. The quantitative estimate of drug-likeness (QED) is 0.474. The van der Waals surface area contributed by atoms with Crippen LogP contribution in [0.1, 0.15) is 71.8 Å². The van der Waals surface area contributed by atoms with Gasteiger partial charge < -0.3 is 35.3 Å². The van der Waals surface area contributed by atoms with Crippen molar-refractivity contribution in [3.8, 4) is 0 Å². The Morgan fingerprint density at radius 2 is 1.90 bits per heavy atom. The number of carbonyl (C=O) groups excluding carboxylic acids is 2. The summed E-state index contributed by atoms with van der Waals surface area (Å²) < 4.78 is 32.2. The third-order valence-electron chi connectivity index (χ3n) is 7.25. The fourth-order valence-corrected chi connectivity index (χ4v) is 4.55. The highest BCUT2D eigenvalue weighted by Crippen LogP contribution is 2.36. The number of amides is 2. The van der Waals surface area contributed by atoms with Crippen LogP contribution in [0.4, 0.5) is 26.2 Å². The molecule has 2 saturated heterocycles. The first-order valence-electron chi connectivity index (χ1n) is 13.4. The molecule has 2 amide bonds. The second kappa shape index (κ2) is 10.8. The number of nitrogens with zero attached hydrogens (tertiary/aromatic N) is 3.